The van der Waals surface area contributed by atoms with Gasteiger partial charge in [0.25, 0.3) is 0 Å². The summed E-state index contributed by atoms with van der Waals surface area (Å²) in [5.41, 5.74) is 1.14. The molecule has 2 aliphatic rings. The summed E-state index contributed by atoms with van der Waals surface area (Å²) in [6, 6.07) is 5.93. The van der Waals surface area contributed by atoms with Crippen LogP contribution in [0.2, 0.25) is 0 Å². The monoisotopic (exact) mass is 275 g/mol. The maximum atomic E-state index is 12.2. The predicted molar refractivity (Wildman–Crippen MR) is 75.9 cm³/mol. The van der Waals surface area contributed by atoms with Crippen LogP contribution in [0.5, 0.6) is 11.5 Å². The normalized spacial score (nSPS) is 17.9. The van der Waals surface area contributed by atoms with Gasteiger partial charge in [-0.3, -0.25) is 4.79 Å². The molecule has 1 aromatic carbocycles. The summed E-state index contributed by atoms with van der Waals surface area (Å²) >= 11 is 0. The molecule has 4 heteroatoms. The molecule has 3 rings (SSSR count). The van der Waals surface area contributed by atoms with E-state index in [-0.39, 0.29) is 5.91 Å². The third-order valence-electron chi connectivity index (χ3n) is 4.02. The maximum absolute atomic E-state index is 12.2. The molecule has 0 saturated carbocycles. The van der Waals surface area contributed by atoms with Crippen molar-refractivity contribution in [3.63, 3.8) is 0 Å². The van der Waals surface area contributed by atoms with E-state index in [4.69, 9.17) is 9.47 Å². The van der Waals surface area contributed by atoms with Crippen LogP contribution in [0.15, 0.2) is 18.2 Å². The number of carbonyl (C=O) groups excluding carboxylic acids is 1. The highest BCUT2D eigenvalue weighted by Gasteiger charge is 2.17. The third-order valence-corrected chi connectivity index (χ3v) is 4.02. The summed E-state index contributed by atoms with van der Waals surface area (Å²) in [4.78, 5) is 14.3. The molecule has 0 aliphatic carbocycles. The van der Waals surface area contributed by atoms with E-state index in [9.17, 15) is 4.79 Å². The van der Waals surface area contributed by atoms with Gasteiger partial charge in [0, 0.05) is 19.5 Å². The first-order valence-electron chi connectivity index (χ1n) is 7.49. The highest BCUT2D eigenvalue weighted by molar-refractivity contribution is 5.76. The van der Waals surface area contributed by atoms with Gasteiger partial charge in [-0.15, -0.1) is 0 Å². The van der Waals surface area contributed by atoms with Crippen molar-refractivity contribution in [3.05, 3.63) is 23.8 Å². The van der Waals surface area contributed by atoms with Gasteiger partial charge in [0.1, 0.15) is 0 Å². The number of rotatable bonds is 3. The number of carbonyl (C=O) groups is 1. The number of amides is 1. The Bertz CT molecular complexity index is 479. The third kappa shape index (κ3) is 3.06. The molecule has 20 heavy (non-hydrogen) atoms. The molecule has 0 N–H and O–H groups in total. The SMILES string of the molecule is O=C(CCc1ccc2c(c1)OCO2)N1CCCCCC1. The predicted octanol–water partition coefficient (Wildman–Crippen LogP) is 2.75. The molecule has 0 radical (unpaired) electrons. The molecule has 0 bridgehead atoms. The van der Waals surface area contributed by atoms with Gasteiger partial charge in [0.2, 0.25) is 12.7 Å². The fourth-order valence-electron chi connectivity index (χ4n) is 2.83. The highest BCUT2D eigenvalue weighted by Crippen LogP contribution is 2.32. The van der Waals surface area contributed by atoms with Crippen molar-refractivity contribution in [2.45, 2.75) is 38.5 Å². The highest BCUT2D eigenvalue weighted by atomic mass is 16.7. The summed E-state index contributed by atoms with van der Waals surface area (Å²) in [7, 11) is 0. The van der Waals surface area contributed by atoms with Crippen LogP contribution in [0, 0.1) is 0 Å². The summed E-state index contributed by atoms with van der Waals surface area (Å²) in [6.07, 6.45) is 6.16. The van der Waals surface area contributed by atoms with Gasteiger partial charge in [0.05, 0.1) is 0 Å². The first-order valence-corrected chi connectivity index (χ1v) is 7.49. The van der Waals surface area contributed by atoms with Gasteiger partial charge in [-0.1, -0.05) is 18.9 Å². The fraction of sp³-hybridized carbons (Fsp3) is 0.562. The number of likely N-dealkylation sites (tertiary alicyclic amines) is 1. The Balaban J connectivity index is 1.54. The first kappa shape index (κ1) is 13.3. The van der Waals surface area contributed by atoms with E-state index in [1.807, 2.05) is 23.1 Å². The molecular formula is C16H21NO3. The number of hydrogen-bond donors (Lipinski definition) is 0. The fourth-order valence-corrected chi connectivity index (χ4v) is 2.83. The number of benzene rings is 1. The average molecular weight is 275 g/mol. The van der Waals surface area contributed by atoms with Crippen LogP contribution < -0.4 is 9.47 Å². The lowest BCUT2D eigenvalue weighted by atomic mass is 10.1. The second-order valence-electron chi connectivity index (χ2n) is 5.48. The van der Waals surface area contributed by atoms with E-state index in [0.29, 0.717) is 13.2 Å². The van der Waals surface area contributed by atoms with E-state index in [0.717, 1.165) is 49.4 Å². The van der Waals surface area contributed by atoms with Gasteiger partial charge < -0.3 is 14.4 Å². The molecule has 1 saturated heterocycles. The zero-order valence-corrected chi connectivity index (χ0v) is 11.8. The van der Waals surface area contributed by atoms with Gasteiger partial charge >= 0.3 is 0 Å². The minimum absolute atomic E-state index is 0.282. The molecule has 1 aromatic rings. The minimum Gasteiger partial charge on any atom is -0.454 e. The van der Waals surface area contributed by atoms with E-state index in [2.05, 4.69) is 0 Å². The number of fused-ring (bicyclic) bond motifs is 1. The van der Waals surface area contributed by atoms with Crippen LogP contribution in [0.3, 0.4) is 0 Å². The molecule has 0 spiro atoms. The zero-order chi connectivity index (χ0) is 13.8. The van der Waals surface area contributed by atoms with Crippen LogP contribution in [-0.2, 0) is 11.2 Å². The first-order chi connectivity index (χ1) is 9.83. The Hall–Kier alpha value is -1.71. The lowest BCUT2D eigenvalue weighted by Gasteiger charge is -2.20. The smallest absolute Gasteiger partial charge is 0.231 e. The lowest BCUT2D eigenvalue weighted by molar-refractivity contribution is -0.131. The molecule has 0 aromatic heterocycles. The van der Waals surface area contributed by atoms with Crippen LogP contribution in [-0.4, -0.2) is 30.7 Å². The summed E-state index contributed by atoms with van der Waals surface area (Å²) in [5, 5.41) is 0. The van der Waals surface area contributed by atoms with Gasteiger partial charge in [-0.25, -0.2) is 0 Å². The Morgan fingerprint density at radius 1 is 1.05 bits per heavy atom. The van der Waals surface area contributed by atoms with E-state index in [1.54, 1.807) is 0 Å². The molecule has 2 heterocycles. The van der Waals surface area contributed by atoms with Crippen LogP contribution in [0.4, 0.5) is 0 Å². The second-order valence-corrected chi connectivity index (χ2v) is 5.48. The molecule has 4 nitrogen and oxygen atoms in total. The topological polar surface area (TPSA) is 38.8 Å². The Morgan fingerprint density at radius 2 is 1.80 bits per heavy atom. The average Bonchev–Trinajstić information content (AvgIpc) is 2.76. The van der Waals surface area contributed by atoms with Crippen LogP contribution in [0.25, 0.3) is 0 Å². The summed E-state index contributed by atoms with van der Waals surface area (Å²) in [5.74, 6) is 1.88. The number of aryl methyl sites for hydroxylation is 1. The largest absolute Gasteiger partial charge is 0.454 e. The molecule has 108 valence electrons. The van der Waals surface area contributed by atoms with Gasteiger partial charge in [-0.05, 0) is 37.0 Å². The Labute approximate surface area is 119 Å². The van der Waals surface area contributed by atoms with Gasteiger partial charge in [0.15, 0.2) is 11.5 Å². The quantitative estimate of drug-likeness (QED) is 0.851. The molecule has 1 amide bonds. The summed E-state index contributed by atoms with van der Waals surface area (Å²) < 4.78 is 10.7. The van der Waals surface area contributed by atoms with Crippen molar-refractivity contribution < 1.29 is 14.3 Å². The van der Waals surface area contributed by atoms with Crippen molar-refractivity contribution in [1.29, 1.82) is 0 Å². The Kier molecular flexibility index (Phi) is 4.09. The molecule has 0 atom stereocenters. The van der Waals surface area contributed by atoms with E-state index in [1.165, 1.54) is 12.8 Å². The van der Waals surface area contributed by atoms with Crippen LogP contribution >= 0.6 is 0 Å². The van der Waals surface area contributed by atoms with Crippen molar-refractivity contribution >= 4 is 5.91 Å². The van der Waals surface area contributed by atoms with E-state index < -0.39 is 0 Å². The molecule has 2 aliphatic heterocycles. The Morgan fingerprint density at radius 3 is 2.60 bits per heavy atom. The number of nitrogens with zero attached hydrogens (tertiary/aromatic N) is 1. The number of hydrogen-bond acceptors (Lipinski definition) is 3. The molecule has 1 fully saturated rings. The van der Waals surface area contributed by atoms with Gasteiger partial charge in [-0.2, -0.15) is 0 Å². The van der Waals surface area contributed by atoms with Crippen molar-refractivity contribution in [2.75, 3.05) is 19.9 Å². The molecule has 0 unspecified atom stereocenters. The standard InChI is InChI=1S/C16H21NO3/c18-16(17-9-3-1-2-4-10-17)8-6-13-5-7-14-15(11-13)20-12-19-14/h5,7,11H,1-4,6,8-10,12H2. The minimum atomic E-state index is 0.282. The lowest BCUT2D eigenvalue weighted by Crippen LogP contribution is -2.31. The van der Waals surface area contributed by atoms with Crippen molar-refractivity contribution in [3.8, 4) is 11.5 Å². The number of ether oxygens (including phenoxy) is 2. The van der Waals surface area contributed by atoms with Crippen LogP contribution in [0.1, 0.15) is 37.7 Å². The second kappa shape index (κ2) is 6.16. The maximum Gasteiger partial charge on any atom is 0.231 e. The zero-order valence-electron chi connectivity index (χ0n) is 11.8. The van der Waals surface area contributed by atoms with E-state index >= 15 is 0 Å². The summed E-state index contributed by atoms with van der Waals surface area (Å²) in [6.45, 7) is 2.16. The van der Waals surface area contributed by atoms with Crippen molar-refractivity contribution in [2.24, 2.45) is 0 Å². The molecular weight excluding hydrogens is 254 g/mol. The van der Waals surface area contributed by atoms with Crippen molar-refractivity contribution in [1.82, 2.24) is 4.90 Å².